The number of nitrogens with zero attached hydrogens (tertiary/aromatic N) is 2. The van der Waals surface area contributed by atoms with E-state index in [1.165, 1.54) is 12.1 Å². The molecule has 5 nitrogen and oxygen atoms in total. The molecule has 0 aliphatic heterocycles. The van der Waals surface area contributed by atoms with Crippen molar-refractivity contribution in [3.8, 4) is 0 Å². The maximum atomic E-state index is 13.0. The van der Waals surface area contributed by atoms with E-state index in [-0.39, 0.29) is 29.0 Å². The number of hydrogen-bond acceptors (Lipinski definition) is 4. The molecule has 0 radical (unpaired) electrons. The normalized spacial score (nSPS) is 10.2. The molecule has 1 heterocycles. The van der Waals surface area contributed by atoms with Gasteiger partial charge in [-0.1, -0.05) is 12.1 Å². The SMILES string of the molecule is O=C(O)c1cnc(Cl)nc1NCc1cccc(F)c1. The van der Waals surface area contributed by atoms with Crippen LogP contribution in [0.1, 0.15) is 15.9 Å². The molecule has 0 saturated carbocycles. The third-order valence-corrected chi connectivity index (χ3v) is 2.52. The fourth-order valence-electron chi connectivity index (χ4n) is 1.48. The van der Waals surface area contributed by atoms with Crippen molar-refractivity contribution in [2.75, 3.05) is 5.32 Å². The van der Waals surface area contributed by atoms with Crippen LogP contribution in [0.5, 0.6) is 0 Å². The van der Waals surface area contributed by atoms with Crippen molar-refractivity contribution < 1.29 is 14.3 Å². The molecule has 0 bridgehead atoms. The van der Waals surface area contributed by atoms with Crippen LogP contribution in [-0.2, 0) is 6.54 Å². The van der Waals surface area contributed by atoms with E-state index in [0.717, 1.165) is 6.20 Å². The Morgan fingerprint density at radius 2 is 2.26 bits per heavy atom. The van der Waals surface area contributed by atoms with Crippen LogP contribution >= 0.6 is 11.6 Å². The number of aromatic carboxylic acids is 1. The molecule has 2 rings (SSSR count). The minimum Gasteiger partial charge on any atom is -0.477 e. The summed E-state index contributed by atoms with van der Waals surface area (Å²) in [5.74, 6) is -1.44. The number of carbonyl (C=O) groups is 1. The summed E-state index contributed by atoms with van der Waals surface area (Å²) in [5, 5.41) is 11.7. The minimum absolute atomic E-state index is 0.0632. The zero-order valence-corrected chi connectivity index (χ0v) is 10.4. The molecule has 1 aromatic carbocycles. The largest absolute Gasteiger partial charge is 0.477 e. The van der Waals surface area contributed by atoms with Crippen LogP contribution in [0.3, 0.4) is 0 Å². The Morgan fingerprint density at radius 1 is 1.47 bits per heavy atom. The predicted molar refractivity (Wildman–Crippen MR) is 67.7 cm³/mol. The van der Waals surface area contributed by atoms with Crippen molar-refractivity contribution in [2.24, 2.45) is 0 Å². The highest BCUT2D eigenvalue weighted by Crippen LogP contribution is 2.15. The van der Waals surface area contributed by atoms with Crippen molar-refractivity contribution in [2.45, 2.75) is 6.54 Å². The van der Waals surface area contributed by atoms with Gasteiger partial charge in [0.1, 0.15) is 17.2 Å². The molecule has 0 fully saturated rings. The first-order valence-corrected chi connectivity index (χ1v) is 5.68. The molecule has 19 heavy (non-hydrogen) atoms. The number of anilines is 1. The van der Waals surface area contributed by atoms with E-state index in [0.29, 0.717) is 5.56 Å². The van der Waals surface area contributed by atoms with Crippen LogP contribution in [0.2, 0.25) is 5.28 Å². The van der Waals surface area contributed by atoms with Crippen molar-refractivity contribution in [1.82, 2.24) is 9.97 Å². The van der Waals surface area contributed by atoms with Crippen LogP contribution < -0.4 is 5.32 Å². The van der Waals surface area contributed by atoms with E-state index < -0.39 is 5.97 Å². The van der Waals surface area contributed by atoms with Crippen LogP contribution in [0.25, 0.3) is 0 Å². The van der Waals surface area contributed by atoms with Gasteiger partial charge in [-0.2, -0.15) is 4.98 Å². The van der Waals surface area contributed by atoms with Gasteiger partial charge < -0.3 is 10.4 Å². The Kier molecular flexibility index (Phi) is 3.91. The lowest BCUT2D eigenvalue weighted by Crippen LogP contribution is -2.09. The molecule has 2 N–H and O–H groups in total. The van der Waals surface area contributed by atoms with Gasteiger partial charge in [-0.05, 0) is 29.3 Å². The van der Waals surface area contributed by atoms with Gasteiger partial charge in [0, 0.05) is 12.7 Å². The van der Waals surface area contributed by atoms with Gasteiger partial charge in [0.2, 0.25) is 5.28 Å². The van der Waals surface area contributed by atoms with Crippen molar-refractivity contribution in [1.29, 1.82) is 0 Å². The number of hydrogen-bond donors (Lipinski definition) is 2. The zero-order chi connectivity index (χ0) is 13.8. The molecule has 0 saturated heterocycles. The number of carboxylic acids is 1. The summed E-state index contributed by atoms with van der Waals surface area (Å²) < 4.78 is 13.0. The Hall–Kier alpha value is -2.21. The number of carboxylic acid groups (broad SMARTS) is 1. The summed E-state index contributed by atoms with van der Waals surface area (Å²) in [6.45, 7) is 0.228. The van der Waals surface area contributed by atoms with E-state index in [1.807, 2.05) is 0 Å². The molecule has 0 aliphatic carbocycles. The predicted octanol–water partition coefficient (Wildman–Crippen LogP) is 2.58. The first-order valence-electron chi connectivity index (χ1n) is 5.30. The van der Waals surface area contributed by atoms with Crippen molar-refractivity contribution in [3.05, 3.63) is 52.7 Å². The monoisotopic (exact) mass is 281 g/mol. The second-order valence-electron chi connectivity index (χ2n) is 3.69. The summed E-state index contributed by atoms with van der Waals surface area (Å²) in [6, 6.07) is 5.95. The van der Waals surface area contributed by atoms with Gasteiger partial charge in [-0.3, -0.25) is 0 Å². The van der Waals surface area contributed by atoms with Gasteiger partial charge in [-0.25, -0.2) is 14.2 Å². The molecule has 0 amide bonds. The van der Waals surface area contributed by atoms with E-state index in [2.05, 4.69) is 15.3 Å². The number of nitrogens with one attached hydrogen (secondary N) is 1. The van der Waals surface area contributed by atoms with Crippen LogP contribution in [0.15, 0.2) is 30.5 Å². The summed E-state index contributed by atoms with van der Waals surface area (Å²) in [5.41, 5.74) is 0.562. The molecule has 1 aromatic heterocycles. The molecular formula is C12H9ClFN3O2. The molecule has 2 aromatic rings. The first kappa shape index (κ1) is 13.2. The lowest BCUT2D eigenvalue weighted by atomic mass is 10.2. The molecule has 0 atom stereocenters. The lowest BCUT2D eigenvalue weighted by Gasteiger charge is -2.08. The van der Waals surface area contributed by atoms with E-state index in [1.54, 1.807) is 12.1 Å². The van der Waals surface area contributed by atoms with Crippen LogP contribution in [0, 0.1) is 5.82 Å². The highest BCUT2D eigenvalue weighted by Gasteiger charge is 2.12. The zero-order valence-electron chi connectivity index (χ0n) is 9.60. The number of rotatable bonds is 4. The lowest BCUT2D eigenvalue weighted by molar-refractivity contribution is 0.0697. The fraction of sp³-hybridized carbons (Fsp3) is 0.0833. The maximum absolute atomic E-state index is 13.0. The third-order valence-electron chi connectivity index (χ3n) is 2.34. The summed E-state index contributed by atoms with van der Waals surface area (Å²) in [4.78, 5) is 18.4. The number of benzene rings is 1. The first-order chi connectivity index (χ1) is 9.06. The highest BCUT2D eigenvalue weighted by molar-refractivity contribution is 6.28. The standard InChI is InChI=1S/C12H9ClFN3O2/c13-12-16-6-9(11(18)19)10(17-12)15-5-7-2-1-3-8(14)4-7/h1-4,6H,5H2,(H,18,19)(H,15,16,17). The number of aromatic nitrogens is 2. The fourth-order valence-corrected chi connectivity index (χ4v) is 1.62. The average Bonchev–Trinajstić information content (AvgIpc) is 2.36. The Balaban J connectivity index is 2.19. The second kappa shape index (κ2) is 5.62. The second-order valence-corrected chi connectivity index (χ2v) is 4.03. The summed E-state index contributed by atoms with van der Waals surface area (Å²) in [7, 11) is 0. The smallest absolute Gasteiger partial charge is 0.341 e. The van der Waals surface area contributed by atoms with Crippen LogP contribution in [-0.4, -0.2) is 21.0 Å². The summed E-state index contributed by atoms with van der Waals surface area (Å²) >= 11 is 5.61. The number of halogens is 2. The van der Waals surface area contributed by atoms with E-state index >= 15 is 0 Å². The highest BCUT2D eigenvalue weighted by atomic mass is 35.5. The van der Waals surface area contributed by atoms with Crippen LogP contribution in [0.4, 0.5) is 10.2 Å². The molecular weight excluding hydrogens is 273 g/mol. The van der Waals surface area contributed by atoms with Crippen molar-refractivity contribution in [3.63, 3.8) is 0 Å². The van der Waals surface area contributed by atoms with Gasteiger partial charge in [0.25, 0.3) is 0 Å². The van der Waals surface area contributed by atoms with E-state index in [9.17, 15) is 9.18 Å². The van der Waals surface area contributed by atoms with Gasteiger partial charge in [0.05, 0.1) is 0 Å². The van der Waals surface area contributed by atoms with Gasteiger partial charge >= 0.3 is 5.97 Å². The Bertz CT molecular complexity index is 622. The Morgan fingerprint density at radius 3 is 2.95 bits per heavy atom. The maximum Gasteiger partial charge on any atom is 0.341 e. The minimum atomic E-state index is -1.17. The van der Waals surface area contributed by atoms with Crippen molar-refractivity contribution >= 4 is 23.4 Å². The molecule has 0 aliphatic rings. The quantitative estimate of drug-likeness (QED) is 0.843. The topological polar surface area (TPSA) is 75.1 Å². The molecule has 7 heteroatoms. The molecule has 98 valence electrons. The third kappa shape index (κ3) is 3.38. The Labute approximate surface area is 113 Å². The van der Waals surface area contributed by atoms with Gasteiger partial charge in [0.15, 0.2) is 0 Å². The molecule has 0 spiro atoms. The van der Waals surface area contributed by atoms with Gasteiger partial charge in [-0.15, -0.1) is 0 Å². The molecule has 0 unspecified atom stereocenters. The van der Waals surface area contributed by atoms with E-state index in [4.69, 9.17) is 16.7 Å². The average molecular weight is 282 g/mol. The summed E-state index contributed by atoms with van der Waals surface area (Å²) in [6.07, 6.45) is 1.12.